The number of fused-ring (bicyclic) bond motifs is 3. The fourth-order valence-electron chi connectivity index (χ4n) is 5.19. The Kier molecular flexibility index (Phi) is 3.15. The van der Waals surface area contributed by atoms with Gasteiger partial charge in [0.15, 0.2) is 0 Å². The van der Waals surface area contributed by atoms with Crippen LogP contribution >= 0.6 is 0 Å². The molecule has 0 aliphatic carbocycles. The van der Waals surface area contributed by atoms with Crippen molar-refractivity contribution in [3.63, 3.8) is 0 Å². The summed E-state index contributed by atoms with van der Waals surface area (Å²) in [5.74, 6) is -0.0369. The van der Waals surface area contributed by atoms with Crippen LogP contribution < -0.4 is 0 Å². The predicted molar refractivity (Wildman–Crippen MR) is 95.3 cm³/mol. The summed E-state index contributed by atoms with van der Waals surface area (Å²) in [6.45, 7) is 2.18. The van der Waals surface area contributed by atoms with Crippen LogP contribution in [0.15, 0.2) is 34.9 Å². The van der Waals surface area contributed by atoms with Crippen molar-refractivity contribution in [2.24, 2.45) is 5.92 Å². The van der Waals surface area contributed by atoms with Gasteiger partial charge in [0.1, 0.15) is 5.70 Å². The molecule has 3 aromatic rings. The average molecular weight is 368 g/mol. The molecule has 2 aromatic heterocycles. The first-order valence-corrected chi connectivity index (χ1v) is 9.43. The van der Waals surface area contributed by atoms with E-state index in [9.17, 15) is 8.78 Å². The highest BCUT2D eigenvalue weighted by atomic mass is 19.3. The zero-order chi connectivity index (χ0) is 18.1. The summed E-state index contributed by atoms with van der Waals surface area (Å²) in [6.07, 6.45) is 2.66. The van der Waals surface area contributed by atoms with E-state index in [1.54, 1.807) is 0 Å². The monoisotopic (exact) mass is 368 g/mol. The summed E-state index contributed by atoms with van der Waals surface area (Å²) >= 11 is 0. The Labute approximate surface area is 154 Å². The molecule has 0 amide bonds. The van der Waals surface area contributed by atoms with Crippen molar-refractivity contribution < 1.29 is 13.3 Å². The highest BCUT2D eigenvalue weighted by Gasteiger charge is 2.43. The van der Waals surface area contributed by atoms with E-state index in [4.69, 9.17) is 4.52 Å². The number of nitrogens with zero attached hydrogens (tertiary/aromatic N) is 4. The second kappa shape index (κ2) is 5.48. The summed E-state index contributed by atoms with van der Waals surface area (Å²) in [6, 6.07) is 8.65. The van der Waals surface area contributed by atoms with Crippen LogP contribution in [-0.2, 0) is 6.42 Å². The Morgan fingerprint density at radius 2 is 2.07 bits per heavy atom. The molecule has 3 aliphatic heterocycles. The number of rotatable bonds is 2. The average Bonchev–Trinajstić information content (AvgIpc) is 3.31. The molecule has 7 heteroatoms. The van der Waals surface area contributed by atoms with Gasteiger partial charge in [0.25, 0.3) is 5.89 Å². The maximum absolute atomic E-state index is 13.0. The zero-order valence-electron chi connectivity index (χ0n) is 14.6. The number of halogens is 2. The normalized spacial score (nSPS) is 24.3. The van der Waals surface area contributed by atoms with E-state index in [-0.39, 0.29) is 5.89 Å². The minimum atomic E-state index is -2.74. The van der Waals surface area contributed by atoms with E-state index in [0.29, 0.717) is 12.0 Å². The van der Waals surface area contributed by atoms with Crippen molar-refractivity contribution in [1.29, 1.82) is 0 Å². The first-order valence-electron chi connectivity index (χ1n) is 9.43. The molecule has 5 nitrogen and oxygen atoms in total. The van der Waals surface area contributed by atoms with Gasteiger partial charge in [-0.1, -0.05) is 23.4 Å². The molecule has 0 N–H and O–H groups in total. The van der Waals surface area contributed by atoms with Crippen LogP contribution in [0.4, 0.5) is 8.78 Å². The predicted octanol–water partition coefficient (Wildman–Crippen LogP) is 4.17. The van der Waals surface area contributed by atoms with Crippen LogP contribution in [0.5, 0.6) is 0 Å². The van der Waals surface area contributed by atoms with Gasteiger partial charge in [-0.05, 0) is 43.5 Å². The third-order valence-electron chi connectivity index (χ3n) is 6.20. The summed E-state index contributed by atoms with van der Waals surface area (Å²) in [5, 5.41) is 4.72. The van der Waals surface area contributed by atoms with Gasteiger partial charge in [0.2, 0.25) is 5.82 Å². The SMILES string of the molecule is FC(F)c1noc(C2=CC3CCCN4CCc5c(n2c2ccccc52)C34)n1. The molecule has 0 spiro atoms. The molecule has 1 saturated heterocycles. The standard InChI is InChI=1S/C20H18F2N4O/c21-18(22)19-23-20(27-24-19)15-10-11-4-3-8-25-9-7-13-12-5-1-2-6-14(12)26(15)17(13)16(11)25/h1-2,5-6,10-11,16,18H,3-4,7-9H2. The van der Waals surface area contributed by atoms with E-state index < -0.39 is 12.2 Å². The minimum Gasteiger partial charge on any atom is -0.332 e. The lowest BCUT2D eigenvalue weighted by molar-refractivity contribution is 0.0974. The molecule has 3 aliphatic rings. The van der Waals surface area contributed by atoms with Crippen LogP contribution in [0.1, 0.15) is 48.3 Å². The number of benzene rings is 1. The van der Waals surface area contributed by atoms with Gasteiger partial charge in [-0.3, -0.25) is 4.90 Å². The Morgan fingerprint density at radius 3 is 2.93 bits per heavy atom. The van der Waals surface area contributed by atoms with Gasteiger partial charge in [0.05, 0.1) is 11.6 Å². The molecule has 1 aromatic carbocycles. The van der Waals surface area contributed by atoms with Crippen molar-refractivity contribution in [3.05, 3.63) is 53.3 Å². The third-order valence-corrected chi connectivity index (χ3v) is 6.20. The summed E-state index contributed by atoms with van der Waals surface area (Å²) in [4.78, 5) is 6.56. The Hall–Kier alpha value is -2.54. The molecular weight excluding hydrogens is 350 g/mol. The van der Waals surface area contributed by atoms with Crippen molar-refractivity contribution in [3.8, 4) is 0 Å². The lowest BCUT2D eigenvalue weighted by atomic mass is 9.80. The Bertz CT molecular complexity index is 1080. The third kappa shape index (κ3) is 2.06. The minimum absolute atomic E-state index is 0.176. The molecule has 0 radical (unpaired) electrons. The number of piperidine rings is 1. The smallest absolute Gasteiger partial charge is 0.300 e. The second-order valence-electron chi connectivity index (χ2n) is 7.56. The highest BCUT2D eigenvalue weighted by Crippen LogP contribution is 2.49. The summed E-state index contributed by atoms with van der Waals surface area (Å²) in [5.41, 5.74) is 4.48. The lowest BCUT2D eigenvalue weighted by Gasteiger charge is -2.46. The Balaban J connectivity index is 1.64. The first-order chi connectivity index (χ1) is 13.2. The zero-order valence-corrected chi connectivity index (χ0v) is 14.6. The summed E-state index contributed by atoms with van der Waals surface area (Å²) < 4.78 is 33.5. The van der Waals surface area contributed by atoms with Crippen molar-refractivity contribution in [1.82, 2.24) is 19.6 Å². The lowest BCUT2D eigenvalue weighted by Crippen LogP contribution is -2.45. The maximum atomic E-state index is 13.0. The summed E-state index contributed by atoms with van der Waals surface area (Å²) in [7, 11) is 0. The molecule has 0 bridgehead atoms. The maximum Gasteiger partial charge on any atom is 0.300 e. The van der Waals surface area contributed by atoms with Gasteiger partial charge in [-0.15, -0.1) is 0 Å². The van der Waals surface area contributed by atoms with E-state index in [2.05, 4.69) is 43.9 Å². The van der Waals surface area contributed by atoms with Crippen LogP contribution in [-0.4, -0.2) is 32.7 Å². The topological polar surface area (TPSA) is 47.1 Å². The number of hydrogen-bond donors (Lipinski definition) is 0. The Morgan fingerprint density at radius 1 is 1.19 bits per heavy atom. The molecule has 2 atom stereocenters. The fraction of sp³-hybridized carbons (Fsp3) is 0.400. The number of hydrogen-bond acceptors (Lipinski definition) is 4. The fourth-order valence-corrected chi connectivity index (χ4v) is 5.19. The number of aromatic nitrogens is 3. The van der Waals surface area contributed by atoms with Gasteiger partial charge >= 0.3 is 6.43 Å². The van der Waals surface area contributed by atoms with Gasteiger partial charge in [-0.25, -0.2) is 8.78 Å². The molecule has 5 heterocycles. The van der Waals surface area contributed by atoms with Crippen LogP contribution in [0.2, 0.25) is 0 Å². The largest absolute Gasteiger partial charge is 0.332 e. The van der Waals surface area contributed by atoms with Crippen molar-refractivity contribution in [2.45, 2.75) is 31.7 Å². The molecule has 6 rings (SSSR count). The van der Waals surface area contributed by atoms with Gasteiger partial charge in [-0.2, -0.15) is 4.98 Å². The van der Waals surface area contributed by atoms with Gasteiger partial charge < -0.3 is 9.09 Å². The van der Waals surface area contributed by atoms with E-state index in [1.165, 1.54) is 16.6 Å². The van der Waals surface area contributed by atoms with Crippen molar-refractivity contribution >= 4 is 16.6 Å². The van der Waals surface area contributed by atoms with E-state index in [1.807, 2.05) is 6.07 Å². The van der Waals surface area contributed by atoms with E-state index in [0.717, 1.165) is 43.6 Å². The molecule has 2 unspecified atom stereocenters. The molecule has 138 valence electrons. The number of para-hydroxylation sites is 1. The van der Waals surface area contributed by atoms with E-state index >= 15 is 0 Å². The number of alkyl halides is 2. The van der Waals surface area contributed by atoms with Crippen molar-refractivity contribution in [2.75, 3.05) is 13.1 Å². The van der Waals surface area contributed by atoms with Crippen LogP contribution in [0.3, 0.4) is 0 Å². The molecule has 27 heavy (non-hydrogen) atoms. The van der Waals surface area contributed by atoms with Gasteiger partial charge in [0, 0.05) is 23.5 Å². The van der Waals surface area contributed by atoms with Crippen LogP contribution in [0, 0.1) is 5.92 Å². The molecule has 0 saturated carbocycles. The van der Waals surface area contributed by atoms with Crippen LogP contribution in [0.25, 0.3) is 16.6 Å². The second-order valence-corrected chi connectivity index (χ2v) is 7.56. The molecule has 1 fully saturated rings. The quantitative estimate of drug-likeness (QED) is 0.681. The first kappa shape index (κ1) is 15.5. The highest BCUT2D eigenvalue weighted by molar-refractivity contribution is 5.91. The molecular formula is C20H18F2N4O.